The molecule has 3 heterocycles. The van der Waals surface area contributed by atoms with E-state index in [4.69, 9.17) is 16.0 Å². The third kappa shape index (κ3) is 3.05. The predicted molar refractivity (Wildman–Crippen MR) is 109 cm³/mol. The zero-order valence-electron chi connectivity index (χ0n) is 16.4. The van der Waals surface area contributed by atoms with Gasteiger partial charge in [0.1, 0.15) is 5.52 Å². The number of likely N-dealkylation sites (N-methyl/N-ethyl adjacent to an activating group) is 1. The summed E-state index contributed by atoms with van der Waals surface area (Å²) in [6, 6.07) is 1.41. The first-order valence-electron chi connectivity index (χ1n) is 10.2. The Morgan fingerprint density at radius 2 is 1.93 bits per heavy atom. The fourth-order valence-corrected chi connectivity index (χ4v) is 5.05. The molecule has 1 saturated carbocycles. The van der Waals surface area contributed by atoms with Crippen LogP contribution in [0.3, 0.4) is 0 Å². The number of nitrogens with zero attached hydrogens (tertiary/aromatic N) is 3. The zero-order valence-corrected chi connectivity index (χ0v) is 17.1. The number of oxazole rings is 1. The standard InChI is InChI=1S/C20H24ClN5O3/c1-25-7-9-26(10-8-25)18(27)17-22-13-11-12(21)15-14(16(13)29-17)20(24-19(28)23-15)5-3-2-4-6-20/h11H,2-10H2,1H3,(H2,23,24,28). The first kappa shape index (κ1) is 18.7. The van der Waals surface area contributed by atoms with E-state index in [1.807, 2.05) is 7.05 Å². The molecule has 0 unspecified atom stereocenters. The van der Waals surface area contributed by atoms with Crippen LogP contribution in [-0.2, 0) is 5.54 Å². The zero-order chi connectivity index (χ0) is 20.2. The number of urea groups is 1. The van der Waals surface area contributed by atoms with Gasteiger partial charge in [0.25, 0.3) is 5.89 Å². The van der Waals surface area contributed by atoms with E-state index in [1.54, 1.807) is 11.0 Å². The second kappa shape index (κ2) is 6.88. The molecule has 3 aliphatic rings. The molecule has 1 aromatic carbocycles. The van der Waals surface area contributed by atoms with Crippen molar-refractivity contribution in [2.75, 3.05) is 38.5 Å². The average Bonchev–Trinajstić information content (AvgIpc) is 3.12. The van der Waals surface area contributed by atoms with Crippen LogP contribution in [-0.4, -0.2) is 59.9 Å². The fraction of sp³-hybridized carbons (Fsp3) is 0.550. The highest BCUT2D eigenvalue weighted by Crippen LogP contribution is 2.48. The van der Waals surface area contributed by atoms with Gasteiger partial charge in [0, 0.05) is 31.7 Å². The Morgan fingerprint density at radius 3 is 2.66 bits per heavy atom. The number of benzene rings is 1. The largest absolute Gasteiger partial charge is 0.432 e. The molecule has 3 amide bonds. The number of fused-ring (bicyclic) bond motifs is 4. The lowest BCUT2D eigenvalue weighted by Gasteiger charge is -2.42. The molecule has 0 atom stereocenters. The molecule has 1 saturated heterocycles. The van der Waals surface area contributed by atoms with Gasteiger partial charge in [-0.3, -0.25) is 4.79 Å². The number of anilines is 1. The van der Waals surface area contributed by atoms with Crippen molar-refractivity contribution in [3.8, 4) is 0 Å². The van der Waals surface area contributed by atoms with Crippen molar-refractivity contribution in [3.63, 3.8) is 0 Å². The predicted octanol–water partition coefficient (Wildman–Crippen LogP) is 3.16. The van der Waals surface area contributed by atoms with Gasteiger partial charge >= 0.3 is 11.9 Å². The summed E-state index contributed by atoms with van der Waals surface area (Å²) in [6.07, 6.45) is 4.77. The molecule has 2 fully saturated rings. The highest BCUT2D eigenvalue weighted by Gasteiger charge is 2.44. The molecule has 9 heteroatoms. The van der Waals surface area contributed by atoms with Crippen molar-refractivity contribution >= 4 is 40.3 Å². The smallest absolute Gasteiger partial charge is 0.319 e. The summed E-state index contributed by atoms with van der Waals surface area (Å²) < 4.78 is 6.06. The van der Waals surface area contributed by atoms with Crippen molar-refractivity contribution in [1.29, 1.82) is 0 Å². The second-order valence-corrected chi connectivity index (χ2v) is 8.70. The molecule has 8 nitrogen and oxygen atoms in total. The van der Waals surface area contributed by atoms with E-state index >= 15 is 0 Å². The van der Waals surface area contributed by atoms with E-state index in [9.17, 15) is 9.59 Å². The van der Waals surface area contributed by atoms with Crippen LogP contribution in [0, 0.1) is 0 Å². The number of hydrogen-bond acceptors (Lipinski definition) is 5. The normalized spacial score (nSPS) is 21.7. The Morgan fingerprint density at radius 1 is 1.21 bits per heavy atom. The Labute approximate surface area is 173 Å². The Bertz CT molecular complexity index is 990. The monoisotopic (exact) mass is 417 g/mol. The van der Waals surface area contributed by atoms with E-state index in [0.717, 1.165) is 50.8 Å². The summed E-state index contributed by atoms with van der Waals surface area (Å²) in [7, 11) is 2.04. The molecule has 154 valence electrons. The van der Waals surface area contributed by atoms with Crippen molar-refractivity contribution in [2.45, 2.75) is 37.6 Å². The molecule has 0 radical (unpaired) electrons. The molecule has 1 spiro atoms. The number of hydrogen-bond donors (Lipinski definition) is 2. The van der Waals surface area contributed by atoms with E-state index in [0.29, 0.717) is 34.9 Å². The summed E-state index contributed by atoms with van der Waals surface area (Å²) in [5.41, 5.74) is 1.95. The van der Waals surface area contributed by atoms with Gasteiger partial charge < -0.3 is 24.9 Å². The topological polar surface area (TPSA) is 90.7 Å². The molecule has 5 rings (SSSR count). The number of rotatable bonds is 1. The summed E-state index contributed by atoms with van der Waals surface area (Å²) in [4.78, 5) is 33.8. The number of aromatic nitrogens is 1. The molecular formula is C20H24ClN5O3. The van der Waals surface area contributed by atoms with Crippen LogP contribution in [0.4, 0.5) is 10.5 Å². The lowest BCUT2D eigenvalue weighted by Crippen LogP contribution is -2.52. The van der Waals surface area contributed by atoms with E-state index < -0.39 is 5.54 Å². The van der Waals surface area contributed by atoms with Crippen molar-refractivity contribution in [1.82, 2.24) is 20.1 Å². The molecule has 2 N–H and O–H groups in total. The lowest BCUT2D eigenvalue weighted by molar-refractivity contribution is 0.0626. The highest BCUT2D eigenvalue weighted by atomic mass is 35.5. The maximum Gasteiger partial charge on any atom is 0.319 e. The number of carbonyl (C=O) groups is 2. The van der Waals surface area contributed by atoms with E-state index in [1.165, 1.54) is 0 Å². The first-order valence-corrected chi connectivity index (χ1v) is 10.6. The SMILES string of the molecule is CN1CCN(C(=O)c2nc3cc(Cl)c4c(c3o2)C2(CCCCC2)NC(=O)N4)CC1. The van der Waals surface area contributed by atoms with E-state index in [-0.39, 0.29) is 17.8 Å². The van der Waals surface area contributed by atoms with Gasteiger partial charge in [-0.1, -0.05) is 30.9 Å². The van der Waals surface area contributed by atoms with E-state index in [2.05, 4.69) is 20.5 Å². The van der Waals surface area contributed by atoms with Crippen molar-refractivity contribution in [3.05, 3.63) is 22.5 Å². The van der Waals surface area contributed by atoms with Crippen molar-refractivity contribution < 1.29 is 14.0 Å². The van der Waals surface area contributed by atoms with Crippen LogP contribution < -0.4 is 10.6 Å². The highest BCUT2D eigenvalue weighted by molar-refractivity contribution is 6.35. The van der Waals surface area contributed by atoms with Crippen LogP contribution in [0.15, 0.2) is 10.5 Å². The molecule has 2 aromatic rings. The minimum absolute atomic E-state index is 0.0804. The second-order valence-electron chi connectivity index (χ2n) is 8.29. The summed E-state index contributed by atoms with van der Waals surface area (Å²) in [6.45, 7) is 2.95. The van der Waals surface area contributed by atoms with Crippen LogP contribution in [0.25, 0.3) is 11.1 Å². The minimum Gasteiger partial charge on any atom is -0.432 e. The Balaban J connectivity index is 1.61. The van der Waals surface area contributed by atoms with Gasteiger partial charge in [0.05, 0.1) is 16.2 Å². The van der Waals surface area contributed by atoms with Crippen LogP contribution >= 0.6 is 11.6 Å². The molecule has 29 heavy (non-hydrogen) atoms. The summed E-state index contributed by atoms with van der Waals surface area (Å²) in [5, 5.41) is 6.36. The maximum atomic E-state index is 13.0. The quantitative estimate of drug-likeness (QED) is 0.743. The number of amides is 3. The third-order valence-corrected chi connectivity index (χ3v) is 6.68. The van der Waals surface area contributed by atoms with Crippen molar-refractivity contribution in [2.24, 2.45) is 0 Å². The molecule has 1 aliphatic carbocycles. The summed E-state index contributed by atoms with van der Waals surface area (Å²) >= 11 is 6.52. The van der Waals surface area contributed by atoms with Gasteiger partial charge in [-0.15, -0.1) is 0 Å². The van der Waals surface area contributed by atoms with Gasteiger partial charge in [-0.25, -0.2) is 9.78 Å². The lowest BCUT2D eigenvalue weighted by atomic mass is 9.74. The number of halogens is 1. The van der Waals surface area contributed by atoms with Gasteiger partial charge in [-0.2, -0.15) is 0 Å². The van der Waals surface area contributed by atoms with Gasteiger partial charge in [0.2, 0.25) is 0 Å². The van der Waals surface area contributed by atoms with Gasteiger partial charge in [0.15, 0.2) is 5.58 Å². The molecule has 0 bridgehead atoms. The summed E-state index contributed by atoms with van der Waals surface area (Å²) in [5.74, 6) is -0.124. The fourth-order valence-electron chi connectivity index (χ4n) is 4.80. The Hall–Kier alpha value is -2.32. The average molecular weight is 418 g/mol. The first-order chi connectivity index (χ1) is 14.0. The third-order valence-electron chi connectivity index (χ3n) is 6.38. The molecular weight excluding hydrogens is 394 g/mol. The number of piperazine rings is 1. The molecule has 2 aliphatic heterocycles. The molecule has 1 aromatic heterocycles. The van der Waals surface area contributed by atoms with Crippen LogP contribution in [0.5, 0.6) is 0 Å². The number of carbonyl (C=O) groups excluding carboxylic acids is 2. The minimum atomic E-state index is -0.535. The number of nitrogens with one attached hydrogen (secondary N) is 2. The van der Waals surface area contributed by atoms with Crippen LogP contribution in [0.1, 0.15) is 48.4 Å². The van der Waals surface area contributed by atoms with Crippen LogP contribution in [0.2, 0.25) is 5.02 Å². The Kier molecular flexibility index (Phi) is 4.43. The maximum absolute atomic E-state index is 13.0. The van der Waals surface area contributed by atoms with Gasteiger partial charge in [-0.05, 0) is 26.0 Å².